The van der Waals surface area contributed by atoms with Gasteiger partial charge < -0.3 is 5.11 Å². The number of hydrogen-bond donors (Lipinski definition) is 1. The van der Waals surface area contributed by atoms with Crippen molar-refractivity contribution in [2.45, 2.75) is 12.8 Å². The monoisotopic (exact) mass is 298 g/mol. The lowest BCUT2D eigenvalue weighted by Gasteiger charge is -2.16. The van der Waals surface area contributed by atoms with Gasteiger partial charge in [0.1, 0.15) is 5.75 Å². The van der Waals surface area contributed by atoms with Crippen LogP contribution in [-0.2, 0) is 0 Å². The molecule has 4 aromatic rings. The van der Waals surface area contributed by atoms with E-state index in [1.165, 1.54) is 16.3 Å². The summed E-state index contributed by atoms with van der Waals surface area (Å²) in [6.07, 6.45) is 0. The Morgan fingerprint density at radius 3 is 2.17 bits per heavy atom. The zero-order valence-electron chi connectivity index (χ0n) is 13.0. The Labute approximate surface area is 135 Å². The van der Waals surface area contributed by atoms with Gasteiger partial charge in [-0.1, -0.05) is 85.8 Å². The molecular formula is C22H18O. The molecule has 4 aromatic carbocycles. The van der Waals surface area contributed by atoms with Gasteiger partial charge >= 0.3 is 0 Å². The zero-order chi connectivity index (χ0) is 15.8. The number of fused-ring (bicyclic) bond motifs is 2. The van der Waals surface area contributed by atoms with Crippen LogP contribution in [0.3, 0.4) is 0 Å². The molecule has 0 bridgehead atoms. The molecule has 0 spiro atoms. The molecule has 0 saturated heterocycles. The lowest BCUT2D eigenvalue weighted by atomic mass is 9.89. The summed E-state index contributed by atoms with van der Waals surface area (Å²) in [6.45, 7) is 2.15. The summed E-state index contributed by atoms with van der Waals surface area (Å²) in [4.78, 5) is 0. The summed E-state index contributed by atoms with van der Waals surface area (Å²) < 4.78 is 0. The van der Waals surface area contributed by atoms with E-state index in [0.717, 1.165) is 16.3 Å². The van der Waals surface area contributed by atoms with Gasteiger partial charge in [-0.25, -0.2) is 0 Å². The van der Waals surface area contributed by atoms with E-state index >= 15 is 0 Å². The number of aromatic hydroxyl groups is 1. The molecule has 0 aromatic heterocycles. The largest absolute Gasteiger partial charge is 0.507 e. The molecule has 23 heavy (non-hydrogen) atoms. The van der Waals surface area contributed by atoms with Gasteiger partial charge in [0.2, 0.25) is 0 Å². The molecule has 0 aliphatic rings. The summed E-state index contributed by atoms with van der Waals surface area (Å²) in [5.41, 5.74) is 2.19. The Morgan fingerprint density at radius 1 is 0.696 bits per heavy atom. The highest BCUT2D eigenvalue weighted by atomic mass is 16.3. The molecule has 1 atom stereocenters. The highest BCUT2D eigenvalue weighted by Crippen LogP contribution is 2.36. The van der Waals surface area contributed by atoms with Gasteiger partial charge in [0.15, 0.2) is 0 Å². The Balaban J connectivity index is 1.84. The summed E-state index contributed by atoms with van der Waals surface area (Å²) in [7, 11) is 0. The smallest absolute Gasteiger partial charge is 0.127 e. The second-order valence-electron chi connectivity index (χ2n) is 6.05. The van der Waals surface area contributed by atoms with Crippen LogP contribution >= 0.6 is 0 Å². The van der Waals surface area contributed by atoms with Crippen molar-refractivity contribution in [3.8, 4) is 5.75 Å². The molecular weight excluding hydrogens is 280 g/mol. The maximum Gasteiger partial charge on any atom is 0.127 e. The predicted octanol–water partition coefficient (Wildman–Crippen LogP) is 5.85. The van der Waals surface area contributed by atoms with Crippen LogP contribution in [0.5, 0.6) is 5.75 Å². The van der Waals surface area contributed by atoms with Crippen LogP contribution in [0, 0.1) is 0 Å². The molecule has 0 amide bonds. The summed E-state index contributed by atoms with van der Waals surface area (Å²) in [5.74, 6) is 0.535. The van der Waals surface area contributed by atoms with Crippen molar-refractivity contribution >= 4 is 21.5 Å². The molecule has 0 radical (unpaired) electrons. The van der Waals surface area contributed by atoms with E-state index in [0.29, 0.717) is 5.75 Å². The van der Waals surface area contributed by atoms with Crippen LogP contribution in [-0.4, -0.2) is 5.11 Å². The Morgan fingerprint density at radius 2 is 1.35 bits per heavy atom. The zero-order valence-corrected chi connectivity index (χ0v) is 13.0. The van der Waals surface area contributed by atoms with Gasteiger partial charge in [-0.05, 0) is 21.7 Å². The normalized spacial score (nSPS) is 12.6. The fourth-order valence-electron chi connectivity index (χ4n) is 3.28. The minimum Gasteiger partial charge on any atom is -0.507 e. The van der Waals surface area contributed by atoms with Crippen molar-refractivity contribution < 1.29 is 5.11 Å². The first-order chi connectivity index (χ1) is 11.2. The third kappa shape index (κ3) is 2.35. The van der Waals surface area contributed by atoms with E-state index in [-0.39, 0.29) is 5.92 Å². The molecule has 0 aliphatic carbocycles. The minimum absolute atomic E-state index is 0.143. The molecule has 1 nitrogen and oxygen atoms in total. The standard InChI is InChI=1S/C22H18O/c1-15(18-11-10-16-6-2-3-8-19(16)14-18)20-13-12-17-7-4-5-9-21(17)22(20)23/h2-15,23H,1H3. The molecule has 1 unspecified atom stereocenters. The number of phenols is 1. The van der Waals surface area contributed by atoms with Crippen molar-refractivity contribution in [3.05, 3.63) is 90.0 Å². The van der Waals surface area contributed by atoms with E-state index in [1.54, 1.807) is 0 Å². The van der Waals surface area contributed by atoms with Crippen LogP contribution in [0.2, 0.25) is 0 Å². The molecule has 4 rings (SSSR count). The van der Waals surface area contributed by atoms with Crippen molar-refractivity contribution in [2.75, 3.05) is 0 Å². The third-order valence-corrected chi connectivity index (χ3v) is 4.67. The van der Waals surface area contributed by atoms with Crippen LogP contribution < -0.4 is 0 Å². The second-order valence-corrected chi connectivity index (χ2v) is 6.05. The number of benzene rings is 4. The SMILES string of the molecule is CC(c1ccc2ccccc2c1)c1ccc2ccccc2c1O. The van der Waals surface area contributed by atoms with Crippen LogP contribution in [0.1, 0.15) is 24.0 Å². The van der Waals surface area contributed by atoms with Crippen molar-refractivity contribution in [1.82, 2.24) is 0 Å². The fraction of sp³-hybridized carbons (Fsp3) is 0.0909. The van der Waals surface area contributed by atoms with Gasteiger partial charge in [0.05, 0.1) is 0 Å². The van der Waals surface area contributed by atoms with E-state index in [9.17, 15) is 5.11 Å². The predicted molar refractivity (Wildman–Crippen MR) is 97.1 cm³/mol. The van der Waals surface area contributed by atoms with Gasteiger partial charge in [0.25, 0.3) is 0 Å². The van der Waals surface area contributed by atoms with Crippen molar-refractivity contribution in [2.24, 2.45) is 0 Å². The minimum atomic E-state index is 0.143. The third-order valence-electron chi connectivity index (χ3n) is 4.67. The summed E-state index contributed by atoms with van der Waals surface area (Å²) >= 11 is 0. The first-order valence-electron chi connectivity index (χ1n) is 7.93. The lowest BCUT2D eigenvalue weighted by Crippen LogP contribution is -1.97. The second kappa shape index (κ2) is 5.44. The van der Waals surface area contributed by atoms with Gasteiger partial charge in [-0.15, -0.1) is 0 Å². The molecule has 0 saturated carbocycles. The first kappa shape index (κ1) is 13.8. The van der Waals surface area contributed by atoms with E-state index in [4.69, 9.17) is 0 Å². The van der Waals surface area contributed by atoms with Gasteiger partial charge in [0, 0.05) is 16.9 Å². The average molecular weight is 298 g/mol. The quantitative estimate of drug-likeness (QED) is 0.492. The van der Waals surface area contributed by atoms with Gasteiger partial charge in [-0.2, -0.15) is 0 Å². The van der Waals surface area contributed by atoms with Crippen LogP contribution in [0.25, 0.3) is 21.5 Å². The number of phenolic OH excluding ortho intramolecular Hbond substituents is 1. The van der Waals surface area contributed by atoms with E-state index in [2.05, 4.69) is 55.5 Å². The Hall–Kier alpha value is -2.80. The van der Waals surface area contributed by atoms with Crippen LogP contribution in [0.15, 0.2) is 78.9 Å². The molecule has 1 N–H and O–H groups in total. The summed E-state index contributed by atoms with van der Waals surface area (Å²) in [5, 5.41) is 15.2. The topological polar surface area (TPSA) is 20.2 Å². The Kier molecular flexibility index (Phi) is 3.27. The Bertz CT molecular complexity index is 1000. The molecule has 0 aliphatic heterocycles. The van der Waals surface area contributed by atoms with E-state index < -0.39 is 0 Å². The maximum absolute atomic E-state index is 10.7. The number of hydrogen-bond acceptors (Lipinski definition) is 1. The average Bonchev–Trinajstić information content (AvgIpc) is 2.61. The highest BCUT2D eigenvalue weighted by molar-refractivity contribution is 5.89. The first-order valence-corrected chi connectivity index (χ1v) is 7.93. The molecule has 112 valence electrons. The van der Waals surface area contributed by atoms with Crippen molar-refractivity contribution in [3.63, 3.8) is 0 Å². The fourth-order valence-corrected chi connectivity index (χ4v) is 3.28. The molecule has 1 heteroatoms. The summed E-state index contributed by atoms with van der Waals surface area (Å²) in [6, 6.07) is 27.0. The van der Waals surface area contributed by atoms with Crippen LogP contribution in [0.4, 0.5) is 0 Å². The number of rotatable bonds is 2. The molecule has 0 heterocycles. The maximum atomic E-state index is 10.7. The lowest BCUT2D eigenvalue weighted by molar-refractivity contribution is 0.472. The highest BCUT2D eigenvalue weighted by Gasteiger charge is 2.15. The molecule has 0 fully saturated rings. The van der Waals surface area contributed by atoms with E-state index in [1.807, 2.05) is 30.3 Å². The van der Waals surface area contributed by atoms with Gasteiger partial charge in [-0.3, -0.25) is 0 Å². The van der Waals surface area contributed by atoms with Crippen molar-refractivity contribution in [1.29, 1.82) is 0 Å².